The minimum atomic E-state index is -0.886. The Morgan fingerprint density at radius 2 is 1.88 bits per heavy atom. The Kier molecular flexibility index (Phi) is 6.02. The van der Waals surface area contributed by atoms with Crippen LogP contribution in [0.4, 0.5) is 10.1 Å². The molecular weight excluding hydrogens is 321 g/mol. The molecule has 1 unspecified atom stereocenters. The quantitative estimate of drug-likeness (QED) is 0.795. The fourth-order valence-corrected chi connectivity index (χ4v) is 2.21. The Morgan fingerprint density at radius 1 is 1.20 bits per heavy atom. The third kappa shape index (κ3) is 5.01. The molecule has 0 spiro atoms. The third-order valence-electron chi connectivity index (χ3n) is 3.45. The lowest BCUT2D eigenvalue weighted by Gasteiger charge is -2.14. The van der Waals surface area contributed by atoms with Crippen molar-refractivity contribution in [2.24, 2.45) is 0 Å². The summed E-state index contributed by atoms with van der Waals surface area (Å²) in [6.45, 7) is 3.38. The SMILES string of the molecule is C=CC(=O)Nc1ccccc1CC(=O)NC(C#N)c1ccc(F)cc1. The molecule has 0 radical (unpaired) electrons. The van der Waals surface area contributed by atoms with Gasteiger partial charge in [0.15, 0.2) is 0 Å². The van der Waals surface area contributed by atoms with Crippen molar-refractivity contribution in [3.05, 3.63) is 78.1 Å². The van der Waals surface area contributed by atoms with E-state index in [0.717, 1.165) is 6.08 Å². The van der Waals surface area contributed by atoms with Gasteiger partial charge in [0, 0.05) is 5.69 Å². The fourth-order valence-electron chi connectivity index (χ4n) is 2.21. The smallest absolute Gasteiger partial charge is 0.247 e. The molecule has 2 rings (SSSR count). The van der Waals surface area contributed by atoms with Gasteiger partial charge in [0.05, 0.1) is 12.5 Å². The minimum Gasteiger partial charge on any atom is -0.336 e. The lowest BCUT2D eigenvalue weighted by molar-refractivity contribution is -0.121. The van der Waals surface area contributed by atoms with E-state index in [1.807, 2.05) is 6.07 Å². The molecule has 0 fully saturated rings. The summed E-state index contributed by atoms with van der Waals surface area (Å²) < 4.78 is 13.0. The van der Waals surface area contributed by atoms with Crippen molar-refractivity contribution in [2.75, 3.05) is 5.32 Å². The molecule has 2 aromatic rings. The number of nitriles is 1. The number of hydrogen-bond acceptors (Lipinski definition) is 3. The summed E-state index contributed by atoms with van der Waals surface area (Å²) in [5.41, 5.74) is 1.59. The molecule has 0 aliphatic heterocycles. The maximum atomic E-state index is 13.0. The molecule has 25 heavy (non-hydrogen) atoms. The van der Waals surface area contributed by atoms with Crippen LogP contribution in [0.15, 0.2) is 61.2 Å². The van der Waals surface area contributed by atoms with E-state index in [0.29, 0.717) is 16.8 Å². The van der Waals surface area contributed by atoms with Crippen molar-refractivity contribution in [3.8, 4) is 6.07 Å². The Labute approximate surface area is 144 Å². The number of halogens is 1. The zero-order valence-corrected chi connectivity index (χ0v) is 13.3. The average molecular weight is 337 g/mol. The first-order valence-corrected chi connectivity index (χ1v) is 7.49. The van der Waals surface area contributed by atoms with Gasteiger partial charge >= 0.3 is 0 Å². The molecule has 0 saturated heterocycles. The second kappa shape index (κ2) is 8.41. The van der Waals surface area contributed by atoms with Gasteiger partial charge in [0.1, 0.15) is 11.9 Å². The number of benzene rings is 2. The van der Waals surface area contributed by atoms with Gasteiger partial charge in [-0.2, -0.15) is 5.26 Å². The molecule has 2 aromatic carbocycles. The molecule has 2 amide bonds. The number of rotatable bonds is 6. The van der Waals surface area contributed by atoms with Crippen LogP contribution in [0.1, 0.15) is 17.2 Å². The van der Waals surface area contributed by atoms with E-state index in [2.05, 4.69) is 17.2 Å². The number of nitrogens with zero attached hydrogens (tertiary/aromatic N) is 1. The summed E-state index contributed by atoms with van der Waals surface area (Å²) in [6.07, 6.45) is 1.12. The van der Waals surface area contributed by atoms with Gasteiger partial charge in [-0.15, -0.1) is 0 Å². The standard InChI is InChI=1S/C19H16FN3O2/c1-2-18(24)22-16-6-4-3-5-14(16)11-19(25)23-17(12-21)13-7-9-15(20)10-8-13/h2-10,17H,1,11H2,(H,22,24)(H,23,25). The van der Waals surface area contributed by atoms with Gasteiger partial charge in [0.2, 0.25) is 11.8 Å². The first kappa shape index (κ1) is 17.9. The van der Waals surface area contributed by atoms with Crippen LogP contribution >= 0.6 is 0 Å². The zero-order valence-electron chi connectivity index (χ0n) is 13.3. The summed E-state index contributed by atoms with van der Waals surface area (Å²) in [4.78, 5) is 23.7. The maximum absolute atomic E-state index is 13.0. The predicted octanol–water partition coefficient (Wildman–Crippen LogP) is 2.87. The summed E-state index contributed by atoms with van der Waals surface area (Å²) in [5.74, 6) is -1.19. The van der Waals surface area contributed by atoms with Crippen LogP contribution in [-0.2, 0) is 16.0 Å². The number of hydrogen-bond donors (Lipinski definition) is 2. The third-order valence-corrected chi connectivity index (χ3v) is 3.45. The van der Waals surface area contributed by atoms with Crippen LogP contribution in [0.25, 0.3) is 0 Å². The number of para-hydroxylation sites is 1. The zero-order chi connectivity index (χ0) is 18.2. The van der Waals surface area contributed by atoms with E-state index in [1.165, 1.54) is 24.3 Å². The normalized spacial score (nSPS) is 11.0. The van der Waals surface area contributed by atoms with Crippen molar-refractivity contribution >= 4 is 17.5 Å². The lowest BCUT2D eigenvalue weighted by Crippen LogP contribution is -2.29. The fraction of sp³-hybridized carbons (Fsp3) is 0.105. The largest absolute Gasteiger partial charge is 0.336 e. The van der Waals surface area contributed by atoms with Crippen LogP contribution in [0.3, 0.4) is 0 Å². The first-order valence-electron chi connectivity index (χ1n) is 7.49. The number of anilines is 1. The Hall–Kier alpha value is -3.46. The summed E-state index contributed by atoms with van der Waals surface area (Å²) in [7, 11) is 0. The van der Waals surface area contributed by atoms with Crippen LogP contribution in [-0.4, -0.2) is 11.8 Å². The Bertz CT molecular complexity index is 825. The number of carbonyl (C=O) groups is 2. The molecule has 0 aliphatic carbocycles. The minimum absolute atomic E-state index is 0.0209. The second-order valence-electron chi connectivity index (χ2n) is 5.21. The highest BCUT2D eigenvalue weighted by molar-refractivity contribution is 5.99. The number of carbonyl (C=O) groups excluding carboxylic acids is 2. The highest BCUT2D eigenvalue weighted by Gasteiger charge is 2.15. The van der Waals surface area contributed by atoms with E-state index in [9.17, 15) is 19.2 Å². The molecule has 126 valence electrons. The molecule has 0 aromatic heterocycles. The number of amides is 2. The van der Waals surface area contributed by atoms with Crippen LogP contribution < -0.4 is 10.6 Å². The van der Waals surface area contributed by atoms with E-state index in [1.54, 1.807) is 24.3 Å². The summed E-state index contributed by atoms with van der Waals surface area (Å²) in [5, 5.41) is 14.5. The number of nitrogens with one attached hydrogen (secondary N) is 2. The van der Waals surface area contributed by atoms with Crippen LogP contribution in [0.2, 0.25) is 0 Å². The van der Waals surface area contributed by atoms with Gasteiger partial charge in [-0.05, 0) is 35.4 Å². The monoisotopic (exact) mass is 337 g/mol. The molecule has 0 saturated carbocycles. The van der Waals surface area contributed by atoms with Crippen molar-refractivity contribution in [3.63, 3.8) is 0 Å². The van der Waals surface area contributed by atoms with Gasteiger partial charge in [0.25, 0.3) is 0 Å². The highest BCUT2D eigenvalue weighted by atomic mass is 19.1. The van der Waals surface area contributed by atoms with E-state index >= 15 is 0 Å². The van der Waals surface area contributed by atoms with Crippen molar-refractivity contribution in [2.45, 2.75) is 12.5 Å². The molecule has 1 atom stereocenters. The van der Waals surface area contributed by atoms with Gasteiger partial charge in [-0.25, -0.2) is 4.39 Å². The average Bonchev–Trinajstić information content (AvgIpc) is 2.62. The van der Waals surface area contributed by atoms with Crippen molar-refractivity contribution in [1.82, 2.24) is 5.32 Å². The van der Waals surface area contributed by atoms with E-state index < -0.39 is 17.8 Å². The topological polar surface area (TPSA) is 82.0 Å². The molecule has 5 nitrogen and oxygen atoms in total. The van der Waals surface area contributed by atoms with Gasteiger partial charge in [-0.3, -0.25) is 9.59 Å². The molecule has 0 heterocycles. The van der Waals surface area contributed by atoms with Crippen molar-refractivity contribution < 1.29 is 14.0 Å². The van der Waals surface area contributed by atoms with E-state index in [4.69, 9.17) is 0 Å². The Morgan fingerprint density at radius 3 is 2.52 bits per heavy atom. The van der Waals surface area contributed by atoms with Crippen molar-refractivity contribution in [1.29, 1.82) is 5.26 Å². The molecule has 2 N–H and O–H groups in total. The first-order chi connectivity index (χ1) is 12.0. The van der Waals surface area contributed by atoms with Gasteiger partial charge in [-0.1, -0.05) is 36.9 Å². The molecule has 0 bridgehead atoms. The second-order valence-corrected chi connectivity index (χ2v) is 5.21. The predicted molar refractivity (Wildman–Crippen MR) is 91.9 cm³/mol. The molecular formula is C19H16FN3O2. The van der Waals surface area contributed by atoms with E-state index in [-0.39, 0.29) is 12.3 Å². The summed E-state index contributed by atoms with van der Waals surface area (Å²) >= 11 is 0. The van der Waals surface area contributed by atoms with Gasteiger partial charge < -0.3 is 10.6 Å². The maximum Gasteiger partial charge on any atom is 0.247 e. The van der Waals surface area contributed by atoms with Crippen LogP contribution in [0.5, 0.6) is 0 Å². The molecule has 6 heteroatoms. The highest BCUT2D eigenvalue weighted by Crippen LogP contribution is 2.17. The summed E-state index contributed by atoms with van der Waals surface area (Å²) in [6, 6.07) is 13.3. The molecule has 0 aliphatic rings. The Balaban J connectivity index is 2.09. The van der Waals surface area contributed by atoms with Crippen LogP contribution in [0, 0.1) is 17.1 Å². The lowest BCUT2D eigenvalue weighted by atomic mass is 10.1.